The summed E-state index contributed by atoms with van der Waals surface area (Å²) in [7, 11) is 1.57. The molecule has 0 fully saturated rings. The van der Waals surface area contributed by atoms with Crippen LogP contribution in [0.2, 0.25) is 0 Å². The van der Waals surface area contributed by atoms with Gasteiger partial charge in [-0.25, -0.2) is 0 Å². The van der Waals surface area contributed by atoms with E-state index in [9.17, 15) is 5.11 Å². The van der Waals surface area contributed by atoms with Gasteiger partial charge in [0.05, 0.1) is 13.3 Å². The van der Waals surface area contributed by atoms with Crippen LogP contribution >= 0.6 is 0 Å². The van der Waals surface area contributed by atoms with Crippen LogP contribution < -0.4 is 4.74 Å². The quantitative estimate of drug-likeness (QED) is 0.866. The summed E-state index contributed by atoms with van der Waals surface area (Å²) in [6.45, 7) is 2.65. The highest BCUT2D eigenvalue weighted by molar-refractivity contribution is 5.33. The van der Waals surface area contributed by atoms with Gasteiger partial charge in [-0.3, -0.25) is 9.67 Å². The number of aromatic nitrogens is 3. The molecule has 1 unspecified atom stereocenters. The first-order chi connectivity index (χ1) is 8.27. The zero-order valence-electron chi connectivity index (χ0n) is 9.87. The predicted octanol–water partition coefficient (Wildman–Crippen LogP) is 1.39. The fourth-order valence-corrected chi connectivity index (χ4v) is 1.77. The lowest BCUT2D eigenvalue weighted by molar-refractivity contribution is 0.202. The topological polar surface area (TPSA) is 60.2 Å². The average molecular weight is 233 g/mol. The first-order valence-electron chi connectivity index (χ1n) is 5.45. The van der Waals surface area contributed by atoms with Crippen molar-refractivity contribution in [2.24, 2.45) is 0 Å². The fourth-order valence-electron chi connectivity index (χ4n) is 1.77. The van der Waals surface area contributed by atoms with Gasteiger partial charge in [-0.05, 0) is 24.6 Å². The van der Waals surface area contributed by atoms with Crippen LogP contribution in [0.4, 0.5) is 0 Å². The highest BCUT2D eigenvalue weighted by Crippen LogP contribution is 2.29. The maximum absolute atomic E-state index is 10.3. The lowest BCUT2D eigenvalue weighted by atomic mass is 10.1. The third-order valence-corrected chi connectivity index (χ3v) is 2.65. The molecule has 0 saturated heterocycles. The van der Waals surface area contributed by atoms with Crippen molar-refractivity contribution in [2.45, 2.75) is 19.6 Å². The molecule has 0 aliphatic rings. The minimum atomic E-state index is -0.754. The molecular formula is C12H15N3O2. The van der Waals surface area contributed by atoms with Crippen molar-refractivity contribution in [3.63, 3.8) is 0 Å². The number of hydrogen-bond donors (Lipinski definition) is 1. The molecule has 5 nitrogen and oxygen atoms in total. The van der Waals surface area contributed by atoms with Crippen molar-refractivity contribution in [2.75, 3.05) is 7.11 Å². The van der Waals surface area contributed by atoms with Crippen molar-refractivity contribution in [3.05, 3.63) is 42.0 Å². The molecular weight excluding hydrogens is 218 g/mol. The van der Waals surface area contributed by atoms with Crippen molar-refractivity contribution in [3.8, 4) is 5.75 Å². The highest BCUT2D eigenvalue weighted by Gasteiger charge is 2.20. The van der Waals surface area contributed by atoms with Crippen LogP contribution in [0.3, 0.4) is 0 Å². The summed E-state index contributed by atoms with van der Waals surface area (Å²) in [6, 6.07) is 3.55. The highest BCUT2D eigenvalue weighted by atomic mass is 16.5. The van der Waals surface area contributed by atoms with Gasteiger partial charge in [0.25, 0.3) is 0 Å². The van der Waals surface area contributed by atoms with Crippen LogP contribution in [0.15, 0.2) is 30.7 Å². The van der Waals surface area contributed by atoms with Crippen LogP contribution in [0, 0.1) is 0 Å². The van der Waals surface area contributed by atoms with E-state index in [2.05, 4.69) is 10.1 Å². The number of rotatable bonds is 4. The van der Waals surface area contributed by atoms with Gasteiger partial charge in [-0.2, -0.15) is 5.10 Å². The summed E-state index contributed by atoms with van der Waals surface area (Å²) in [5, 5.41) is 14.5. The lowest BCUT2D eigenvalue weighted by Crippen LogP contribution is -2.10. The van der Waals surface area contributed by atoms with Gasteiger partial charge >= 0.3 is 0 Å². The van der Waals surface area contributed by atoms with Crippen LogP contribution in [-0.2, 0) is 6.54 Å². The van der Waals surface area contributed by atoms with Crippen LogP contribution in [0.25, 0.3) is 0 Å². The van der Waals surface area contributed by atoms with Crippen molar-refractivity contribution < 1.29 is 9.84 Å². The van der Waals surface area contributed by atoms with Crippen molar-refractivity contribution in [1.29, 1.82) is 0 Å². The molecule has 0 spiro atoms. The maximum Gasteiger partial charge on any atom is 0.163 e. The third kappa shape index (κ3) is 2.14. The number of aliphatic hydroxyl groups excluding tert-OH is 1. The van der Waals surface area contributed by atoms with Crippen LogP contribution in [-0.4, -0.2) is 27.0 Å². The molecule has 0 aliphatic heterocycles. The second-order valence-electron chi connectivity index (χ2n) is 3.60. The Bertz CT molecular complexity index is 460. The van der Waals surface area contributed by atoms with Crippen molar-refractivity contribution in [1.82, 2.24) is 14.8 Å². The van der Waals surface area contributed by atoms with Gasteiger partial charge in [0.15, 0.2) is 5.75 Å². The molecule has 1 atom stereocenters. The Balaban J connectivity index is 2.42. The van der Waals surface area contributed by atoms with E-state index in [1.165, 1.54) is 0 Å². The fraction of sp³-hybridized carbons (Fsp3) is 0.333. The molecule has 17 heavy (non-hydrogen) atoms. The smallest absolute Gasteiger partial charge is 0.163 e. The Kier molecular flexibility index (Phi) is 3.39. The lowest BCUT2D eigenvalue weighted by Gasteiger charge is -2.14. The number of ether oxygens (including phenoxy) is 1. The van der Waals surface area contributed by atoms with Gasteiger partial charge < -0.3 is 9.84 Å². The number of pyridine rings is 1. The number of aliphatic hydroxyl groups is 1. The molecule has 90 valence electrons. The summed E-state index contributed by atoms with van der Waals surface area (Å²) in [5.74, 6) is 0.594. The summed E-state index contributed by atoms with van der Waals surface area (Å²) >= 11 is 0. The van der Waals surface area contributed by atoms with E-state index in [-0.39, 0.29) is 0 Å². The second-order valence-corrected chi connectivity index (χ2v) is 3.60. The summed E-state index contributed by atoms with van der Waals surface area (Å²) in [4.78, 5) is 3.93. The normalized spacial score (nSPS) is 12.4. The zero-order valence-corrected chi connectivity index (χ0v) is 9.87. The number of nitrogens with zero attached hydrogens (tertiary/aromatic N) is 3. The molecule has 0 aromatic carbocycles. The molecule has 0 amide bonds. The van der Waals surface area contributed by atoms with E-state index >= 15 is 0 Å². The first kappa shape index (κ1) is 11.6. The molecule has 0 radical (unpaired) electrons. The minimum absolute atomic E-state index is 0.594. The first-order valence-corrected chi connectivity index (χ1v) is 5.45. The van der Waals surface area contributed by atoms with E-state index in [0.29, 0.717) is 18.0 Å². The molecule has 1 N–H and O–H groups in total. The number of methoxy groups -OCH3 is 1. The Hall–Kier alpha value is -1.88. The van der Waals surface area contributed by atoms with Gasteiger partial charge in [0.1, 0.15) is 11.8 Å². The molecule has 0 aliphatic carbocycles. The van der Waals surface area contributed by atoms with Crippen LogP contribution in [0.1, 0.15) is 24.3 Å². The molecule has 5 heteroatoms. The summed E-state index contributed by atoms with van der Waals surface area (Å²) in [5.41, 5.74) is 1.44. The molecule has 2 rings (SSSR count). The second kappa shape index (κ2) is 4.97. The predicted molar refractivity (Wildman–Crippen MR) is 62.8 cm³/mol. The standard InChI is InChI=1S/C12H15N3O2/c1-3-15-11(10(17-2)8-14-15)12(16)9-4-6-13-7-5-9/h4-8,12,16H,3H2,1-2H3. The number of hydrogen-bond acceptors (Lipinski definition) is 4. The van der Waals surface area contributed by atoms with E-state index in [1.54, 1.807) is 42.5 Å². The molecule has 2 aromatic rings. The Morgan fingerprint density at radius 1 is 1.41 bits per heavy atom. The monoisotopic (exact) mass is 233 g/mol. The van der Waals surface area contributed by atoms with E-state index in [0.717, 1.165) is 5.56 Å². The van der Waals surface area contributed by atoms with Gasteiger partial charge in [-0.15, -0.1) is 0 Å². The van der Waals surface area contributed by atoms with Gasteiger partial charge in [0.2, 0.25) is 0 Å². The molecule has 2 aromatic heterocycles. The molecule has 2 heterocycles. The molecule has 0 saturated carbocycles. The van der Waals surface area contributed by atoms with E-state index in [4.69, 9.17) is 4.74 Å². The van der Waals surface area contributed by atoms with Gasteiger partial charge in [0, 0.05) is 18.9 Å². The summed E-state index contributed by atoms with van der Waals surface area (Å²) in [6.07, 6.45) is 4.16. The molecule has 0 bridgehead atoms. The van der Waals surface area contributed by atoms with E-state index < -0.39 is 6.10 Å². The number of aryl methyl sites for hydroxylation is 1. The Morgan fingerprint density at radius 2 is 2.12 bits per heavy atom. The van der Waals surface area contributed by atoms with E-state index in [1.807, 2.05) is 6.92 Å². The summed E-state index contributed by atoms with van der Waals surface area (Å²) < 4.78 is 6.94. The average Bonchev–Trinajstić information content (AvgIpc) is 2.81. The van der Waals surface area contributed by atoms with Crippen LogP contribution in [0.5, 0.6) is 5.75 Å². The Morgan fingerprint density at radius 3 is 2.71 bits per heavy atom. The zero-order chi connectivity index (χ0) is 12.3. The van der Waals surface area contributed by atoms with Gasteiger partial charge in [-0.1, -0.05) is 0 Å². The van der Waals surface area contributed by atoms with Crippen molar-refractivity contribution >= 4 is 0 Å². The SMILES string of the molecule is CCn1ncc(OC)c1C(O)c1ccncc1. The maximum atomic E-state index is 10.3. The third-order valence-electron chi connectivity index (χ3n) is 2.65. The largest absolute Gasteiger partial charge is 0.493 e. The minimum Gasteiger partial charge on any atom is -0.493 e. The Labute approximate surface area is 99.7 Å².